The minimum absolute atomic E-state index is 0.0300. The van der Waals surface area contributed by atoms with E-state index < -0.39 is 23.5 Å². The predicted molar refractivity (Wildman–Crippen MR) is 68.6 cm³/mol. The molecule has 0 aliphatic heterocycles. The molecule has 2 aromatic rings. The highest BCUT2D eigenvalue weighted by molar-refractivity contribution is 5.69. The van der Waals surface area contributed by atoms with E-state index in [-0.39, 0.29) is 17.7 Å². The molecular weight excluding hydrogens is 266 g/mol. The molecule has 3 nitrogen and oxygen atoms in total. The van der Waals surface area contributed by atoms with Gasteiger partial charge in [0.15, 0.2) is 0 Å². The molecule has 0 aromatic heterocycles. The first-order valence-corrected chi connectivity index (χ1v) is 5.93. The number of hydrogen-bond donors (Lipinski definition) is 2. The SMILES string of the molecule is O=C(O)CC(c1ccc(O)cc1)c1ccc(F)cc1F. The number of carbonyl (C=O) groups is 1. The number of aromatic hydroxyl groups is 1. The quantitative estimate of drug-likeness (QED) is 0.902. The molecule has 2 aromatic carbocycles. The minimum Gasteiger partial charge on any atom is -0.508 e. The van der Waals surface area contributed by atoms with Crippen LogP contribution in [0.5, 0.6) is 5.75 Å². The molecule has 1 unspecified atom stereocenters. The van der Waals surface area contributed by atoms with Gasteiger partial charge in [0.05, 0.1) is 6.42 Å². The molecule has 0 aliphatic rings. The number of carboxylic acid groups (broad SMARTS) is 1. The Morgan fingerprint density at radius 2 is 1.75 bits per heavy atom. The lowest BCUT2D eigenvalue weighted by molar-refractivity contribution is -0.137. The maximum Gasteiger partial charge on any atom is 0.304 e. The highest BCUT2D eigenvalue weighted by Crippen LogP contribution is 2.31. The summed E-state index contributed by atoms with van der Waals surface area (Å²) in [5.41, 5.74) is 0.648. The van der Waals surface area contributed by atoms with Crippen molar-refractivity contribution in [1.82, 2.24) is 0 Å². The Kier molecular flexibility index (Phi) is 3.98. The Hall–Kier alpha value is -2.43. The lowest BCUT2D eigenvalue weighted by atomic mass is 9.88. The van der Waals surface area contributed by atoms with Crippen LogP contribution in [-0.2, 0) is 4.79 Å². The average Bonchev–Trinajstić information content (AvgIpc) is 2.37. The molecule has 104 valence electrons. The zero-order valence-corrected chi connectivity index (χ0v) is 10.4. The molecular formula is C15H12F2O3. The fraction of sp³-hybridized carbons (Fsp3) is 0.133. The number of hydrogen-bond acceptors (Lipinski definition) is 2. The fourth-order valence-corrected chi connectivity index (χ4v) is 2.07. The number of carboxylic acids is 1. The van der Waals surface area contributed by atoms with Crippen LogP contribution in [0.25, 0.3) is 0 Å². The molecule has 0 heterocycles. The van der Waals surface area contributed by atoms with E-state index in [0.717, 1.165) is 12.1 Å². The number of rotatable bonds is 4. The minimum atomic E-state index is -1.09. The Morgan fingerprint density at radius 3 is 2.30 bits per heavy atom. The van der Waals surface area contributed by atoms with Crippen molar-refractivity contribution < 1.29 is 23.8 Å². The Labute approximate surface area is 114 Å². The van der Waals surface area contributed by atoms with Crippen molar-refractivity contribution in [1.29, 1.82) is 0 Å². The van der Waals surface area contributed by atoms with E-state index in [4.69, 9.17) is 5.11 Å². The molecule has 2 N–H and O–H groups in total. The molecule has 1 atom stereocenters. The smallest absolute Gasteiger partial charge is 0.304 e. The summed E-state index contributed by atoms with van der Waals surface area (Å²) in [6.07, 6.45) is -0.326. The molecule has 2 rings (SSSR count). The van der Waals surface area contributed by atoms with Crippen LogP contribution in [0, 0.1) is 11.6 Å². The highest BCUT2D eigenvalue weighted by Gasteiger charge is 2.21. The van der Waals surface area contributed by atoms with Gasteiger partial charge in [-0.15, -0.1) is 0 Å². The summed E-state index contributed by atoms with van der Waals surface area (Å²) in [5.74, 6) is -3.31. The number of aliphatic carboxylic acids is 1. The van der Waals surface area contributed by atoms with Crippen LogP contribution in [0.3, 0.4) is 0 Å². The summed E-state index contributed by atoms with van der Waals surface area (Å²) in [6.45, 7) is 0. The van der Waals surface area contributed by atoms with Gasteiger partial charge < -0.3 is 10.2 Å². The standard InChI is InChI=1S/C15H12F2O3/c16-10-3-6-12(14(17)7-10)13(8-15(19)20)9-1-4-11(18)5-2-9/h1-7,13,18H,8H2,(H,19,20). The van der Waals surface area contributed by atoms with Gasteiger partial charge in [-0.1, -0.05) is 18.2 Å². The van der Waals surface area contributed by atoms with Crippen molar-refractivity contribution in [3.63, 3.8) is 0 Å². The third-order valence-corrected chi connectivity index (χ3v) is 3.01. The van der Waals surface area contributed by atoms with Gasteiger partial charge in [-0.2, -0.15) is 0 Å². The van der Waals surface area contributed by atoms with E-state index in [1.165, 1.54) is 30.3 Å². The first-order chi connectivity index (χ1) is 9.47. The summed E-state index contributed by atoms with van der Waals surface area (Å²) in [5, 5.41) is 18.2. The second-order valence-electron chi connectivity index (χ2n) is 4.41. The van der Waals surface area contributed by atoms with E-state index in [0.29, 0.717) is 5.56 Å². The third kappa shape index (κ3) is 3.12. The number of halogens is 2. The summed E-state index contributed by atoms with van der Waals surface area (Å²) in [6, 6.07) is 8.89. The first kappa shape index (κ1) is 14.0. The van der Waals surface area contributed by atoms with Crippen molar-refractivity contribution in [3.8, 4) is 5.75 Å². The van der Waals surface area contributed by atoms with E-state index >= 15 is 0 Å². The Bertz CT molecular complexity index is 624. The summed E-state index contributed by atoms with van der Waals surface area (Å²) in [7, 11) is 0. The van der Waals surface area contributed by atoms with E-state index in [2.05, 4.69) is 0 Å². The van der Waals surface area contributed by atoms with Crippen LogP contribution < -0.4 is 0 Å². The van der Waals surface area contributed by atoms with Gasteiger partial charge in [-0.3, -0.25) is 4.79 Å². The Balaban J connectivity index is 2.46. The average molecular weight is 278 g/mol. The number of phenols is 1. The van der Waals surface area contributed by atoms with Crippen molar-refractivity contribution in [2.75, 3.05) is 0 Å². The maximum absolute atomic E-state index is 13.8. The van der Waals surface area contributed by atoms with Gasteiger partial charge in [-0.25, -0.2) is 8.78 Å². The normalized spacial score (nSPS) is 12.1. The lowest BCUT2D eigenvalue weighted by Gasteiger charge is -2.17. The predicted octanol–water partition coefficient (Wildman–Crippen LogP) is 3.28. The van der Waals surface area contributed by atoms with Crippen LogP contribution in [0.15, 0.2) is 42.5 Å². The topological polar surface area (TPSA) is 57.5 Å². The van der Waals surface area contributed by atoms with E-state index in [1.54, 1.807) is 0 Å². The van der Waals surface area contributed by atoms with Crippen LogP contribution in [0.4, 0.5) is 8.78 Å². The molecule has 5 heteroatoms. The molecule has 0 saturated heterocycles. The van der Waals surface area contributed by atoms with Crippen LogP contribution in [0.1, 0.15) is 23.5 Å². The lowest BCUT2D eigenvalue weighted by Crippen LogP contribution is -2.10. The molecule has 0 amide bonds. The molecule has 0 spiro atoms. The molecule has 20 heavy (non-hydrogen) atoms. The molecule has 0 bridgehead atoms. The van der Waals surface area contributed by atoms with Crippen LogP contribution in [0.2, 0.25) is 0 Å². The first-order valence-electron chi connectivity index (χ1n) is 5.93. The second kappa shape index (κ2) is 5.69. The van der Waals surface area contributed by atoms with E-state index in [9.17, 15) is 18.7 Å². The third-order valence-electron chi connectivity index (χ3n) is 3.01. The number of phenolic OH excluding ortho intramolecular Hbond substituents is 1. The zero-order chi connectivity index (χ0) is 14.7. The van der Waals surface area contributed by atoms with Gasteiger partial charge in [0.25, 0.3) is 0 Å². The van der Waals surface area contributed by atoms with Crippen LogP contribution >= 0.6 is 0 Å². The highest BCUT2D eigenvalue weighted by atomic mass is 19.1. The van der Waals surface area contributed by atoms with E-state index in [1.807, 2.05) is 0 Å². The molecule has 0 aliphatic carbocycles. The number of benzene rings is 2. The van der Waals surface area contributed by atoms with Gasteiger partial charge in [0, 0.05) is 12.0 Å². The largest absolute Gasteiger partial charge is 0.508 e. The Morgan fingerprint density at radius 1 is 1.10 bits per heavy atom. The fourth-order valence-electron chi connectivity index (χ4n) is 2.07. The zero-order valence-electron chi connectivity index (χ0n) is 10.4. The monoisotopic (exact) mass is 278 g/mol. The second-order valence-corrected chi connectivity index (χ2v) is 4.41. The van der Waals surface area contributed by atoms with Crippen molar-refractivity contribution in [2.45, 2.75) is 12.3 Å². The van der Waals surface area contributed by atoms with Gasteiger partial charge >= 0.3 is 5.97 Å². The van der Waals surface area contributed by atoms with Crippen LogP contribution in [-0.4, -0.2) is 16.2 Å². The van der Waals surface area contributed by atoms with Gasteiger partial charge in [-0.05, 0) is 29.3 Å². The van der Waals surface area contributed by atoms with Gasteiger partial charge in [0.1, 0.15) is 17.4 Å². The van der Waals surface area contributed by atoms with Gasteiger partial charge in [0.2, 0.25) is 0 Å². The summed E-state index contributed by atoms with van der Waals surface area (Å²) >= 11 is 0. The molecule has 0 saturated carbocycles. The molecule has 0 fully saturated rings. The van der Waals surface area contributed by atoms with Crippen molar-refractivity contribution in [2.24, 2.45) is 0 Å². The van der Waals surface area contributed by atoms with Crippen molar-refractivity contribution >= 4 is 5.97 Å². The summed E-state index contributed by atoms with van der Waals surface area (Å²) < 4.78 is 26.8. The maximum atomic E-state index is 13.8. The summed E-state index contributed by atoms with van der Waals surface area (Å²) in [4.78, 5) is 11.0. The van der Waals surface area contributed by atoms with Crippen molar-refractivity contribution in [3.05, 3.63) is 65.2 Å². The molecule has 0 radical (unpaired) electrons.